The van der Waals surface area contributed by atoms with Gasteiger partial charge in [-0.05, 0) is 42.0 Å². The first-order chi connectivity index (χ1) is 10.9. The molecule has 2 rings (SSSR count). The Bertz CT molecular complexity index is 685. The van der Waals surface area contributed by atoms with E-state index in [1.165, 1.54) is 24.3 Å². The van der Waals surface area contributed by atoms with Crippen molar-refractivity contribution in [3.05, 3.63) is 59.7 Å². The minimum Gasteiger partial charge on any atom is -0.435 e. The van der Waals surface area contributed by atoms with Gasteiger partial charge in [0.25, 0.3) is 5.91 Å². The average molecular weight is 320 g/mol. The minimum absolute atomic E-state index is 0.0210. The lowest BCUT2D eigenvalue weighted by atomic mass is 10.1. The Kier molecular flexibility index (Phi) is 5.24. The monoisotopic (exact) mass is 320 g/mol. The average Bonchev–Trinajstić information content (AvgIpc) is 2.49. The standard InChI is InChI=1S/C16H14F2N2O3/c17-16(18)23-13-7-3-11(4-8-13)15(22)20-12-5-1-10(2-6-12)9-14(19)21/h1-8,16H,9H2,(H2,19,21)(H,20,22). The van der Waals surface area contributed by atoms with Gasteiger partial charge in [-0.15, -0.1) is 0 Å². The molecular weight excluding hydrogens is 306 g/mol. The Balaban J connectivity index is 1.99. The maximum Gasteiger partial charge on any atom is 0.387 e. The molecule has 0 aromatic heterocycles. The number of benzene rings is 2. The van der Waals surface area contributed by atoms with Crippen LogP contribution in [0.5, 0.6) is 5.75 Å². The van der Waals surface area contributed by atoms with Crippen LogP contribution in [0, 0.1) is 0 Å². The van der Waals surface area contributed by atoms with Crippen LogP contribution in [-0.2, 0) is 11.2 Å². The predicted molar refractivity (Wildman–Crippen MR) is 80.4 cm³/mol. The third-order valence-electron chi connectivity index (χ3n) is 2.93. The van der Waals surface area contributed by atoms with Crippen molar-refractivity contribution in [3.8, 4) is 5.75 Å². The molecule has 2 aromatic carbocycles. The van der Waals surface area contributed by atoms with Gasteiger partial charge in [0, 0.05) is 11.3 Å². The lowest BCUT2D eigenvalue weighted by molar-refractivity contribution is -0.117. The lowest BCUT2D eigenvalue weighted by Crippen LogP contribution is -2.14. The molecule has 0 aliphatic rings. The van der Waals surface area contributed by atoms with E-state index < -0.39 is 18.4 Å². The van der Waals surface area contributed by atoms with Crippen molar-refractivity contribution in [1.82, 2.24) is 0 Å². The number of carbonyl (C=O) groups is 2. The van der Waals surface area contributed by atoms with Crippen molar-refractivity contribution < 1.29 is 23.1 Å². The lowest BCUT2D eigenvalue weighted by Gasteiger charge is -2.08. The topological polar surface area (TPSA) is 81.4 Å². The first kappa shape index (κ1) is 16.4. The van der Waals surface area contributed by atoms with Crippen LogP contribution in [-0.4, -0.2) is 18.4 Å². The Morgan fingerprint density at radius 2 is 1.65 bits per heavy atom. The third-order valence-corrected chi connectivity index (χ3v) is 2.93. The number of primary amides is 1. The molecule has 23 heavy (non-hydrogen) atoms. The van der Waals surface area contributed by atoms with E-state index in [4.69, 9.17) is 5.73 Å². The highest BCUT2D eigenvalue weighted by Crippen LogP contribution is 2.16. The number of hydrogen-bond donors (Lipinski definition) is 2. The smallest absolute Gasteiger partial charge is 0.387 e. The van der Waals surface area contributed by atoms with Gasteiger partial charge in [-0.3, -0.25) is 9.59 Å². The second kappa shape index (κ2) is 7.35. The summed E-state index contributed by atoms with van der Waals surface area (Å²) in [6, 6.07) is 12.0. The fraction of sp³-hybridized carbons (Fsp3) is 0.125. The molecule has 7 heteroatoms. The Labute approximate surface area is 131 Å². The molecule has 0 aliphatic heterocycles. The molecule has 0 aliphatic carbocycles. The molecule has 0 saturated carbocycles. The number of halogens is 2. The van der Waals surface area contributed by atoms with Gasteiger partial charge in [-0.1, -0.05) is 12.1 Å². The Hall–Kier alpha value is -2.96. The summed E-state index contributed by atoms with van der Waals surface area (Å²) in [7, 11) is 0. The SMILES string of the molecule is NC(=O)Cc1ccc(NC(=O)c2ccc(OC(F)F)cc2)cc1. The first-order valence-corrected chi connectivity index (χ1v) is 6.67. The van der Waals surface area contributed by atoms with E-state index in [1.807, 2.05) is 0 Å². The van der Waals surface area contributed by atoms with Gasteiger partial charge >= 0.3 is 6.61 Å². The maximum absolute atomic E-state index is 12.0. The molecule has 0 bridgehead atoms. The van der Waals surface area contributed by atoms with Crippen LogP contribution in [0.3, 0.4) is 0 Å². The summed E-state index contributed by atoms with van der Waals surface area (Å²) in [5.41, 5.74) is 6.67. The van der Waals surface area contributed by atoms with Crippen molar-refractivity contribution in [2.45, 2.75) is 13.0 Å². The quantitative estimate of drug-likeness (QED) is 0.858. The van der Waals surface area contributed by atoms with Gasteiger partial charge < -0.3 is 15.8 Å². The second-order valence-corrected chi connectivity index (χ2v) is 4.70. The van der Waals surface area contributed by atoms with Crippen LogP contribution >= 0.6 is 0 Å². The molecule has 2 amide bonds. The number of hydrogen-bond acceptors (Lipinski definition) is 3. The molecular formula is C16H14F2N2O3. The van der Waals surface area contributed by atoms with Crippen molar-refractivity contribution in [2.24, 2.45) is 5.73 Å². The molecule has 2 aromatic rings. The highest BCUT2D eigenvalue weighted by Gasteiger charge is 2.08. The van der Waals surface area contributed by atoms with Gasteiger partial charge in [0.15, 0.2) is 0 Å². The minimum atomic E-state index is -2.91. The molecule has 0 unspecified atom stereocenters. The van der Waals surface area contributed by atoms with Crippen LogP contribution in [0.4, 0.5) is 14.5 Å². The van der Waals surface area contributed by atoms with E-state index >= 15 is 0 Å². The largest absolute Gasteiger partial charge is 0.435 e. The number of anilines is 1. The van der Waals surface area contributed by atoms with Crippen LogP contribution < -0.4 is 15.8 Å². The molecule has 0 fully saturated rings. The van der Waals surface area contributed by atoms with E-state index in [9.17, 15) is 18.4 Å². The highest BCUT2D eigenvalue weighted by atomic mass is 19.3. The first-order valence-electron chi connectivity index (χ1n) is 6.67. The summed E-state index contributed by atoms with van der Waals surface area (Å²) in [4.78, 5) is 22.8. The van der Waals surface area contributed by atoms with E-state index in [0.29, 0.717) is 11.3 Å². The van der Waals surface area contributed by atoms with Gasteiger partial charge in [0.1, 0.15) is 5.75 Å². The Morgan fingerprint density at radius 1 is 1.04 bits per heavy atom. The number of ether oxygens (including phenoxy) is 1. The number of nitrogens with two attached hydrogens (primary N) is 1. The molecule has 120 valence electrons. The summed E-state index contributed by atoms with van der Waals surface area (Å²) in [6.45, 7) is -2.91. The van der Waals surface area contributed by atoms with E-state index in [0.717, 1.165) is 5.56 Å². The number of amides is 2. The summed E-state index contributed by atoms with van der Waals surface area (Å²) in [6.07, 6.45) is 0.125. The van der Waals surface area contributed by atoms with Crippen molar-refractivity contribution in [2.75, 3.05) is 5.32 Å². The van der Waals surface area contributed by atoms with Crippen LogP contribution in [0.1, 0.15) is 15.9 Å². The third kappa shape index (κ3) is 5.06. The molecule has 5 nitrogen and oxygen atoms in total. The zero-order chi connectivity index (χ0) is 16.8. The van der Waals surface area contributed by atoms with Crippen LogP contribution in [0.15, 0.2) is 48.5 Å². The second-order valence-electron chi connectivity index (χ2n) is 4.70. The molecule has 0 heterocycles. The highest BCUT2D eigenvalue weighted by molar-refractivity contribution is 6.04. The van der Waals surface area contributed by atoms with Crippen molar-refractivity contribution >= 4 is 17.5 Å². The molecule has 0 radical (unpaired) electrons. The number of nitrogens with one attached hydrogen (secondary N) is 1. The Morgan fingerprint density at radius 3 is 2.17 bits per heavy atom. The van der Waals surface area contributed by atoms with E-state index in [-0.39, 0.29) is 12.2 Å². The van der Waals surface area contributed by atoms with Gasteiger partial charge in [0.2, 0.25) is 5.91 Å². The number of rotatable bonds is 6. The van der Waals surface area contributed by atoms with Crippen LogP contribution in [0.25, 0.3) is 0 Å². The summed E-state index contributed by atoms with van der Waals surface area (Å²) >= 11 is 0. The molecule has 0 saturated heterocycles. The summed E-state index contributed by atoms with van der Waals surface area (Å²) in [5, 5.41) is 2.65. The molecule has 0 spiro atoms. The zero-order valence-corrected chi connectivity index (χ0v) is 12.0. The maximum atomic E-state index is 12.0. The normalized spacial score (nSPS) is 10.4. The summed E-state index contributed by atoms with van der Waals surface area (Å²) in [5.74, 6) is -0.850. The van der Waals surface area contributed by atoms with Crippen molar-refractivity contribution in [3.63, 3.8) is 0 Å². The number of carbonyl (C=O) groups excluding carboxylic acids is 2. The predicted octanol–water partition coefficient (Wildman–Crippen LogP) is 2.57. The van der Waals surface area contributed by atoms with Gasteiger partial charge in [-0.2, -0.15) is 8.78 Å². The number of alkyl halides is 2. The van der Waals surface area contributed by atoms with Crippen molar-refractivity contribution in [1.29, 1.82) is 0 Å². The van der Waals surface area contributed by atoms with Gasteiger partial charge in [-0.25, -0.2) is 0 Å². The summed E-state index contributed by atoms with van der Waals surface area (Å²) < 4.78 is 28.3. The molecule has 0 atom stereocenters. The molecule has 3 N–H and O–H groups in total. The van der Waals surface area contributed by atoms with Gasteiger partial charge in [0.05, 0.1) is 6.42 Å². The zero-order valence-electron chi connectivity index (χ0n) is 12.0. The fourth-order valence-corrected chi connectivity index (χ4v) is 1.90. The fourth-order valence-electron chi connectivity index (χ4n) is 1.90. The van der Waals surface area contributed by atoms with E-state index in [1.54, 1.807) is 24.3 Å². The van der Waals surface area contributed by atoms with Crippen LogP contribution in [0.2, 0.25) is 0 Å². The van der Waals surface area contributed by atoms with E-state index in [2.05, 4.69) is 10.1 Å².